The van der Waals surface area contributed by atoms with Crippen molar-refractivity contribution in [3.05, 3.63) is 0 Å². The summed E-state index contributed by atoms with van der Waals surface area (Å²) in [7, 11) is 0. The molecule has 9 heteroatoms. The van der Waals surface area contributed by atoms with E-state index in [1.54, 1.807) is 19.6 Å². The van der Waals surface area contributed by atoms with Crippen LogP contribution in [0.4, 0.5) is 0 Å². The van der Waals surface area contributed by atoms with Gasteiger partial charge in [-0.2, -0.15) is 0 Å². The number of rotatable bonds is 3. The van der Waals surface area contributed by atoms with E-state index < -0.39 is 0 Å². The van der Waals surface area contributed by atoms with Crippen LogP contribution < -0.4 is 5.84 Å². The molecule has 0 bridgehead atoms. The van der Waals surface area contributed by atoms with Crippen LogP contribution in [-0.4, -0.2) is 0 Å². The molecule has 0 aromatic rings. The van der Waals surface area contributed by atoms with Gasteiger partial charge in [0.25, 0.3) is 0 Å². The van der Waals surface area contributed by atoms with Crippen molar-refractivity contribution in [2.75, 3.05) is 0 Å². The average Bonchev–Trinajstić information content (AvgIpc) is 1.89. The molecule has 0 saturated carbocycles. The third kappa shape index (κ3) is 7.09. The molecule has 0 rings (SSSR count). The Labute approximate surface area is 61.0 Å². The zero-order chi connectivity index (χ0) is 6.95. The van der Waals surface area contributed by atoms with Gasteiger partial charge in [0.15, 0.2) is 0 Å². The molecule has 0 amide bonds. The fraction of sp³-hybridized carbons (Fsp3) is 0. The molecule has 0 unspecified atom stereocenters. The van der Waals surface area contributed by atoms with Crippen LogP contribution in [0.5, 0.6) is 0 Å². The Bertz CT molecular complexity index is 141. The van der Waals surface area contributed by atoms with E-state index in [0.29, 0.717) is 0 Å². The topological polar surface area (TPSA) is 113 Å². The van der Waals surface area contributed by atoms with Crippen molar-refractivity contribution >= 4 is 0 Å². The predicted octanol–water partition coefficient (Wildman–Crippen LogP) is 0.692. The first-order valence-electron chi connectivity index (χ1n) is 1.60. The van der Waals surface area contributed by atoms with Crippen molar-refractivity contribution in [2.24, 2.45) is 40.8 Å². The number of nitrogens with zero attached hydrogens (tertiary/aromatic N) is 7. The minimum atomic E-state index is 1.62. The van der Waals surface area contributed by atoms with Crippen LogP contribution in [0.15, 0.2) is 34.9 Å². The Kier molecular flexibility index (Phi) is 6.37. The summed E-state index contributed by atoms with van der Waals surface area (Å²) in [5, 5.41) is 17.7. The molecule has 0 aliphatic heterocycles. The molecule has 2 N–H and O–H groups in total. The maximum absolute atomic E-state index is 4.55. The van der Waals surface area contributed by atoms with Crippen LogP contribution in [0.1, 0.15) is 0 Å². The Morgan fingerprint density at radius 2 is 1.44 bits per heavy atom. The first kappa shape index (κ1) is 8.09. The van der Waals surface area contributed by atoms with Crippen LogP contribution in [0.3, 0.4) is 0 Å². The van der Waals surface area contributed by atoms with E-state index >= 15 is 0 Å². The molecule has 0 spiro atoms. The molecule has 0 aliphatic carbocycles. The number of hydrogen-bond acceptors (Lipinski definition) is 2. The van der Waals surface area contributed by atoms with E-state index in [1.165, 1.54) is 0 Å². The van der Waals surface area contributed by atoms with Gasteiger partial charge in [0.1, 0.15) is 0 Å². The van der Waals surface area contributed by atoms with Crippen LogP contribution in [0.25, 0.3) is 0 Å². The quantitative estimate of drug-likeness (QED) is 0.461. The van der Waals surface area contributed by atoms with Gasteiger partial charge in [-0.3, -0.25) is 0 Å². The molecule has 52 valence electrons. The van der Waals surface area contributed by atoms with Gasteiger partial charge in [0, 0.05) is 0 Å². The molecular weight excluding hydrogens is 307 g/mol. The third-order valence-electron chi connectivity index (χ3n) is 0.240. The van der Waals surface area contributed by atoms with Gasteiger partial charge in [-0.25, -0.2) is 0 Å². The summed E-state index contributed by atoms with van der Waals surface area (Å²) in [6.07, 6.45) is 0. The van der Waals surface area contributed by atoms with Gasteiger partial charge in [0.05, 0.1) is 0 Å². The molecule has 0 aromatic carbocycles. The van der Waals surface area contributed by atoms with Crippen molar-refractivity contribution in [3.8, 4) is 0 Å². The third-order valence-corrected chi connectivity index (χ3v) is 0.443. The molecule has 8 nitrogen and oxygen atoms in total. The first-order chi connectivity index (χ1) is 4.41. The van der Waals surface area contributed by atoms with Crippen LogP contribution >= 0.6 is 0 Å². The van der Waals surface area contributed by atoms with Crippen LogP contribution in [0.2, 0.25) is 0 Å². The molecule has 0 atom stereocenters. The van der Waals surface area contributed by atoms with E-state index in [9.17, 15) is 0 Å². The summed E-state index contributed by atoms with van der Waals surface area (Å²) < 4.78 is 3.21. The van der Waals surface area contributed by atoms with Gasteiger partial charge >= 0.3 is 60.4 Å². The molecule has 9 heavy (non-hydrogen) atoms. The number of nitrogens with two attached hydrogens (primary N) is 1. The molecule has 0 aromatic heterocycles. The molecule has 0 heterocycles. The van der Waals surface area contributed by atoms with Crippen molar-refractivity contribution in [1.82, 2.24) is 0 Å². The van der Waals surface area contributed by atoms with Gasteiger partial charge in [-0.15, -0.1) is 0 Å². The van der Waals surface area contributed by atoms with E-state index in [4.69, 9.17) is 0 Å². The van der Waals surface area contributed by atoms with Gasteiger partial charge in [-0.1, -0.05) is 0 Å². The minimum absolute atomic E-state index is 1.62. The maximum atomic E-state index is 4.55. The van der Waals surface area contributed by atoms with E-state index in [0.717, 1.165) is 0 Å². The number of hydrogen-bond donors (Lipinski definition) is 1. The molecule has 0 saturated heterocycles. The zero-order valence-electron chi connectivity index (χ0n) is 4.02. The normalized spacial score (nSPS) is 12.2. The Hall–Kier alpha value is -0.912. The Morgan fingerprint density at radius 3 is 2.00 bits per heavy atom. The van der Waals surface area contributed by atoms with Crippen molar-refractivity contribution in [1.29, 1.82) is 0 Å². The van der Waals surface area contributed by atoms with E-state index in [1.807, 2.05) is 0 Å². The summed E-state index contributed by atoms with van der Waals surface area (Å²) in [6, 6.07) is 0. The molecule has 0 radical (unpaired) electrons. The second-order valence-electron chi connectivity index (χ2n) is 0.626. The summed E-state index contributed by atoms with van der Waals surface area (Å²) in [5.74, 6) is 4.55. The van der Waals surface area contributed by atoms with Crippen molar-refractivity contribution < 1.29 is 19.6 Å². The zero-order valence-corrected chi connectivity index (χ0v) is 6.30. The Morgan fingerprint density at radius 1 is 0.889 bits per heavy atom. The summed E-state index contributed by atoms with van der Waals surface area (Å²) in [4.78, 5) is 0. The van der Waals surface area contributed by atoms with Gasteiger partial charge in [-0.05, 0) is 0 Å². The van der Waals surface area contributed by atoms with Crippen molar-refractivity contribution in [2.45, 2.75) is 0 Å². The molecule has 0 aliphatic rings. The average molecular weight is 309 g/mol. The Balaban J connectivity index is 3.46. The van der Waals surface area contributed by atoms with Crippen molar-refractivity contribution in [3.63, 3.8) is 0 Å². The molecule has 0 fully saturated rings. The fourth-order valence-electron chi connectivity index (χ4n) is 0.0894. The predicted molar refractivity (Wildman–Crippen MR) is 21.2 cm³/mol. The summed E-state index contributed by atoms with van der Waals surface area (Å²) in [5.41, 5.74) is 0. The van der Waals surface area contributed by atoms with E-state index in [-0.39, 0.29) is 0 Å². The standard InChI is InChI=1S/H2N8.Pt/c1-3-5-7-8-6-4-2;/h(H2,1,4,5,8);. The first-order valence-corrected chi connectivity index (χ1v) is 2.62. The summed E-state index contributed by atoms with van der Waals surface area (Å²) >= 11 is 1.62. The summed E-state index contributed by atoms with van der Waals surface area (Å²) in [6.45, 7) is 0. The van der Waals surface area contributed by atoms with Gasteiger partial charge < -0.3 is 0 Å². The SMILES string of the molecule is N/N=N/N=N/N=N/[N]=[Pt]. The molecular formula is H2N8Pt. The second kappa shape index (κ2) is 7.09. The van der Waals surface area contributed by atoms with Crippen LogP contribution in [-0.2, 0) is 19.6 Å². The van der Waals surface area contributed by atoms with Gasteiger partial charge in [0.2, 0.25) is 0 Å². The monoisotopic (exact) mass is 309 g/mol. The van der Waals surface area contributed by atoms with Crippen LogP contribution in [0, 0.1) is 0 Å². The van der Waals surface area contributed by atoms with E-state index in [2.05, 4.69) is 40.8 Å². The second-order valence-corrected chi connectivity index (χ2v) is 1.08. The fourth-order valence-corrected chi connectivity index (χ4v) is 0.180.